The Morgan fingerprint density at radius 3 is 2.22 bits per heavy atom. The van der Waals surface area contributed by atoms with Crippen molar-refractivity contribution in [2.24, 2.45) is 23.2 Å². The molecule has 1 N–H and O–H groups in total. The van der Waals surface area contributed by atoms with Crippen molar-refractivity contribution in [2.45, 2.75) is 56.4 Å². The number of carbonyl (C=O) groups is 1. The van der Waals surface area contributed by atoms with E-state index in [-0.39, 0.29) is 11.3 Å². The van der Waals surface area contributed by atoms with Gasteiger partial charge in [-0.25, -0.2) is 8.42 Å². The standard InChI is InChI=1S/C26H30N2O3S/c29-25(26-14-18-10-19(15-26)12-20(11-18)16-26)27-23-7-6-21-8-9-28(17-22(21)13-23)32(30,31)24-4-2-1-3-5-24/h1-7,13,18-20H,8-12,14-17H2,(H,27,29). The van der Waals surface area contributed by atoms with Crippen molar-refractivity contribution < 1.29 is 13.2 Å². The molecule has 7 rings (SSSR count). The van der Waals surface area contributed by atoms with E-state index in [0.717, 1.165) is 53.8 Å². The summed E-state index contributed by atoms with van der Waals surface area (Å²) in [6, 6.07) is 14.6. The first kappa shape index (κ1) is 20.4. The van der Waals surface area contributed by atoms with Crippen LogP contribution in [0.25, 0.3) is 0 Å². The molecule has 2 aromatic carbocycles. The van der Waals surface area contributed by atoms with Crippen molar-refractivity contribution in [2.75, 3.05) is 11.9 Å². The van der Waals surface area contributed by atoms with Gasteiger partial charge in [-0.3, -0.25) is 4.79 Å². The molecular formula is C26H30N2O3S. The molecule has 5 nitrogen and oxygen atoms in total. The highest BCUT2D eigenvalue weighted by Gasteiger charge is 2.54. The first-order chi connectivity index (χ1) is 15.4. The summed E-state index contributed by atoms with van der Waals surface area (Å²) in [4.78, 5) is 13.8. The molecule has 168 valence electrons. The highest BCUT2D eigenvalue weighted by atomic mass is 32.2. The number of hydrogen-bond donors (Lipinski definition) is 1. The molecule has 4 bridgehead atoms. The lowest BCUT2D eigenvalue weighted by Gasteiger charge is -2.55. The van der Waals surface area contributed by atoms with Gasteiger partial charge in [0.15, 0.2) is 0 Å². The van der Waals surface area contributed by atoms with E-state index in [1.807, 2.05) is 18.2 Å². The first-order valence-corrected chi connectivity index (χ1v) is 13.3. The number of hydrogen-bond acceptors (Lipinski definition) is 3. The van der Waals surface area contributed by atoms with Crippen LogP contribution in [0.2, 0.25) is 0 Å². The van der Waals surface area contributed by atoms with Gasteiger partial charge in [-0.15, -0.1) is 0 Å². The Hall–Kier alpha value is -2.18. The molecule has 1 heterocycles. The van der Waals surface area contributed by atoms with E-state index in [1.165, 1.54) is 19.3 Å². The lowest BCUT2D eigenvalue weighted by Crippen LogP contribution is -2.51. The largest absolute Gasteiger partial charge is 0.326 e. The molecule has 1 aliphatic heterocycles. The van der Waals surface area contributed by atoms with Crippen molar-refractivity contribution in [3.05, 3.63) is 59.7 Å². The first-order valence-electron chi connectivity index (χ1n) is 11.9. The van der Waals surface area contributed by atoms with Crippen molar-refractivity contribution in [1.29, 1.82) is 0 Å². The minimum absolute atomic E-state index is 0.182. The molecule has 0 unspecified atom stereocenters. The molecule has 0 spiro atoms. The van der Waals surface area contributed by atoms with E-state index in [1.54, 1.807) is 28.6 Å². The second-order valence-corrected chi connectivity index (χ2v) is 12.5. The fourth-order valence-electron chi connectivity index (χ4n) is 7.21. The van der Waals surface area contributed by atoms with Gasteiger partial charge in [0.25, 0.3) is 0 Å². The van der Waals surface area contributed by atoms with Crippen LogP contribution in [0.5, 0.6) is 0 Å². The average molecular weight is 451 g/mol. The normalized spacial score (nSPS) is 31.3. The average Bonchev–Trinajstić information content (AvgIpc) is 2.78. The Balaban J connectivity index is 1.21. The number of nitrogens with one attached hydrogen (secondary N) is 1. The van der Waals surface area contributed by atoms with E-state index < -0.39 is 10.0 Å². The maximum absolute atomic E-state index is 13.4. The van der Waals surface area contributed by atoms with Gasteiger partial charge in [0.1, 0.15) is 0 Å². The Bertz CT molecular complexity index is 1120. The Labute approximate surface area is 190 Å². The van der Waals surface area contributed by atoms with Crippen LogP contribution in [0, 0.1) is 23.2 Å². The summed E-state index contributed by atoms with van der Waals surface area (Å²) in [6.07, 6.45) is 7.76. The van der Waals surface area contributed by atoms with Gasteiger partial charge in [-0.2, -0.15) is 4.31 Å². The topological polar surface area (TPSA) is 66.5 Å². The summed E-state index contributed by atoms with van der Waals surface area (Å²) >= 11 is 0. The molecule has 6 heteroatoms. The van der Waals surface area contributed by atoms with Crippen LogP contribution in [-0.2, 0) is 27.8 Å². The molecule has 4 saturated carbocycles. The molecule has 0 saturated heterocycles. The fraction of sp³-hybridized carbons (Fsp3) is 0.500. The monoisotopic (exact) mass is 450 g/mol. The van der Waals surface area contributed by atoms with Crippen LogP contribution in [0.15, 0.2) is 53.4 Å². The number of sulfonamides is 1. The Morgan fingerprint density at radius 2 is 1.56 bits per heavy atom. The lowest BCUT2D eigenvalue weighted by atomic mass is 9.49. The molecule has 0 aromatic heterocycles. The summed E-state index contributed by atoms with van der Waals surface area (Å²) in [6.45, 7) is 0.816. The van der Waals surface area contributed by atoms with Gasteiger partial charge in [0, 0.05) is 18.8 Å². The van der Waals surface area contributed by atoms with Crippen molar-refractivity contribution in [3.8, 4) is 0 Å². The molecular weight excluding hydrogens is 420 g/mol. The number of amides is 1. The van der Waals surface area contributed by atoms with Crippen molar-refractivity contribution in [3.63, 3.8) is 0 Å². The number of fused-ring (bicyclic) bond motifs is 1. The number of benzene rings is 2. The van der Waals surface area contributed by atoms with Gasteiger partial charge >= 0.3 is 0 Å². The van der Waals surface area contributed by atoms with E-state index in [4.69, 9.17) is 0 Å². The second-order valence-electron chi connectivity index (χ2n) is 10.5. The molecule has 4 aliphatic carbocycles. The summed E-state index contributed by atoms with van der Waals surface area (Å²) in [5, 5.41) is 3.23. The number of nitrogens with zero attached hydrogens (tertiary/aromatic N) is 1. The molecule has 4 fully saturated rings. The lowest BCUT2D eigenvalue weighted by molar-refractivity contribution is -0.140. The van der Waals surface area contributed by atoms with Crippen LogP contribution in [-0.4, -0.2) is 25.2 Å². The zero-order valence-corrected chi connectivity index (χ0v) is 19.1. The van der Waals surface area contributed by atoms with Crippen LogP contribution < -0.4 is 5.32 Å². The maximum atomic E-state index is 13.4. The van der Waals surface area contributed by atoms with Gasteiger partial charge in [0.05, 0.1) is 10.3 Å². The van der Waals surface area contributed by atoms with E-state index in [2.05, 4.69) is 11.4 Å². The van der Waals surface area contributed by atoms with E-state index in [0.29, 0.717) is 24.4 Å². The number of rotatable bonds is 4. The third-order valence-corrected chi connectivity index (χ3v) is 10.2. The zero-order valence-electron chi connectivity index (χ0n) is 18.3. The molecule has 5 aliphatic rings. The number of carbonyl (C=O) groups excluding carboxylic acids is 1. The van der Waals surface area contributed by atoms with Crippen LogP contribution >= 0.6 is 0 Å². The highest BCUT2D eigenvalue weighted by molar-refractivity contribution is 7.89. The van der Waals surface area contributed by atoms with Crippen molar-refractivity contribution >= 4 is 21.6 Å². The maximum Gasteiger partial charge on any atom is 0.243 e. The third-order valence-electron chi connectivity index (χ3n) is 8.34. The van der Waals surface area contributed by atoms with Gasteiger partial charge in [-0.05, 0) is 98.1 Å². The smallest absolute Gasteiger partial charge is 0.243 e. The minimum atomic E-state index is -3.53. The Morgan fingerprint density at radius 1 is 0.906 bits per heavy atom. The summed E-state index contributed by atoms with van der Waals surface area (Å²) in [5.41, 5.74) is 2.76. The second kappa shape index (κ2) is 7.42. The summed E-state index contributed by atoms with van der Waals surface area (Å²) < 4.78 is 27.7. The van der Waals surface area contributed by atoms with Crippen LogP contribution in [0.1, 0.15) is 49.7 Å². The predicted molar refractivity (Wildman–Crippen MR) is 123 cm³/mol. The molecule has 32 heavy (non-hydrogen) atoms. The molecule has 1 amide bonds. The van der Waals surface area contributed by atoms with Crippen LogP contribution in [0.3, 0.4) is 0 Å². The minimum Gasteiger partial charge on any atom is -0.326 e. The summed E-state index contributed by atoms with van der Waals surface area (Å²) in [7, 11) is -3.53. The van der Waals surface area contributed by atoms with Gasteiger partial charge in [0.2, 0.25) is 15.9 Å². The fourth-order valence-corrected chi connectivity index (χ4v) is 8.65. The summed E-state index contributed by atoms with van der Waals surface area (Å²) in [5.74, 6) is 2.37. The molecule has 0 radical (unpaired) electrons. The van der Waals surface area contributed by atoms with E-state index in [9.17, 15) is 13.2 Å². The highest BCUT2D eigenvalue weighted by Crippen LogP contribution is 2.60. The zero-order chi connectivity index (χ0) is 21.9. The Kier molecular flexibility index (Phi) is 4.74. The quantitative estimate of drug-likeness (QED) is 0.741. The third kappa shape index (κ3) is 3.39. The van der Waals surface area contributed by atoms with Crippen LogP contribution in [0.4, 0.5) is 5.69 Å². The molecule has 2 aromatic rings. The van der Waals surface area contributed by atoms with Crippen molar-refractivity contribution in [1.82, 2.24) is 4.31 Å². The van der Waals surface area contributed by atoms with Gasteiger partial charge < -0.3 is 5.32 Å². The molecule has 0 atom stereocenters. The van der Waals surface area contributed by atoms with Gasteiger partial charge in [-0.1, -0.05) is 24.3 Å². The van der Waals surface area contributed by atoms with E-state index >= 15 is 0 Å². The predicted octanol–water partition coefficient (Wildman–Crippen LogP) is 4.59. The SMILES string of the molecule is O=C(Nc1ccc2c(c1)CN(S(=O)(=O)c1ccccc1)CC2)C12CC3CC(CC(C3)C1)C2. The number of anilines is 1.